The molecule has 0 saturated heterocycles. The molecule has 0 spiro atoms. The quantitative estimate of drug-likeness (QED) is 0.569. The third kappa shape index (κ3) is 2.90. The second-order valence-corrected chi connectivity index (χ2v) is 6.91. The van der Waals surface area contributed by atoms with Crippen molar-refractivity contribution in [3.63, 3.8) is 0 Å². The number of allylic oxidation sites excluding steroid dienone is 2. The molecule has 0 aromatic heterocycles. The van der Waals surface area contributed by atoms with E-state index < -0.39 is 0 Å². The second kappa shape index (κ2) is 4.55. The van der Waals surface area contributed by atoms with Crippen LogP contribution in [0.2, 0.25) is 0 Å². The SMILES string of the molecule is CC(C)=C(C)C1CC1CC1CC1CC(C)C. The van der Waals surface area contributed by atoms with Gasteiger partial charge in [-0.3, -0.25) is 0 Å². The summed E-state index contributed by atoms with van der Waals surface area (Å²) in [5.74, 6) is 5.11. The van der Waals surface area contributed by atoms with Crippen LogP contribution in [0, 0.1) is 29.6 Å². The van der Waals surface area contributed by atoms with Gasteiger partial charge in [0.1, 0.15) is 0 Å². The second-order valence-electron chi connectivity index (χ2n) is 6.91. The lowest BCUT2D eigenvalue weighted by Crippen LogP contribution is -1.93. The Kier molecular flexibility index (Phi) is 3.47. The first kappa shape index (κ1) is 12.2. The summed E-state index contributed by atoms with van der Waals surface area (Å²) in [6, 6.07) is 0. The van der Waals surface area contributed by atoms with Gasteiger partial charge in [0.15, 0.2) is 0 Å². The van der Waals surface area contributed by atoms with Crippen molar-refractivity contribution in [2.24, 2.45) is 29.6 Å². The predicted octanol–water partition coefficient (Wildman–Crippen LogP) is 5.05. The van der Waals surface area contributed by atoms with Crippen molar-refractivity contribution in [3.8, 4) is 0 Å². The molecule has 16 heavy (non-hydrogen) atoms. The zero-order chi connectivity index (χ0) is 11.9. The van der Waals surface area contributed by atoms with Gasteiger partial charge in [-0.05, 0) is 76.0 Å². The Balaban J connectivity index is 1.70. The van der Waals surface area contributed by atoms with Crippen molar-refractivity contribution in [1.82, 2.24) is 0 Å². The van der Waals surface area contributed by atoms with Crippen LogP contribution in [0.4, 0.5) is 0 Å². The van der Waals surface area contributed by atoms with Gasteiger partial charge in [-0.15, -0.1) is 0 Å². The van der Waals surface area contributed by atoms with E-state index in [1.54, 1.807) is 11.1 Å². The average Bonchev–Trinajstić information content (AvgIpc) is 3.05. The average molecular weight is 220 g/mol. The topological polar surface area (TPSA) is 0 Å². The van der Waals surface area contributed by atoms with Crippen molar-refractivity contribution >= 4 is 0 Å². The van der Waals surface area contributed by atoms with Crippen molar-refractivity contribution in [2.45, 2.75) is 60.3 Å². The molecule has 0 aliphatic heterocycles. The molecule has 4 atom stereocenters. The van der Waals surface area contributed by atoms with Crippen LogP contribution in [0.5, 0.6) is 0 Å². The molecule has 2 rings (SSSR count). The normalized spacial score (nSPS) is 36.4. The van der Waals surface area contributed by atoms with Gasteiger partial charge < -0.3 is 0 Å². The van der Waals surface area contributed by atoms with Crippen molar-refractivity contribution in [1.29, 1.82) is 0 Å². The maximum absolute atomic E-state index is 2.36. The summed E-state index contributed by atoms with van der Waals surface area (Å²) in [5.41, 5.74) is 3.24. The molecule has 0 N–H and O–H groups in total. The maximum Gasteiger partial charge on any atom is -0.0172 e. The number of rotatable bonds is 5. The van der Waals surface area contributed by atoms with E-state index in [0.717, 1.165) is 29.6 Å². The summed E-state index contributed by atoms with van der Waals surface area (Å²) in [5, 5.41) is 0. The van der Waals surface area contributed by atoms with Gasteiger partial charge in [-0.1, -0.05) is 25.0 Å². The summed E-state index contributed by atoms with van der Waals surface area (Å²) in [7, 11) is 0. The molecule has 0 nitrogen and oxygen atoms in total. The molecule has 4 unspecified atom stereocenters. The van der Waals surface area contributed by atoms with Gasteiger partial charge in [-0.25, -0.2) is 0 Å². The van der Waals surface area contributed by atoms with Crippen molar-refractivity contribution in [2.75, 3.05) is 0 Å². The number of hydrogen-bond donors (Lipinski definition) is 0. The van der Waals surface area contributed by atoms with Crippen LogP contribution in [0.25, 0.3) is 0 Å². The molecule has 0 aromatic rings. The van der Waals surface area contributed by atoms with Gasteiger partial charge in [-0.2, -0.15) is 0 Å². The van der Waals surface area contributed by atoms with E-state index in [4.69, 9.17) is 0 Å². The Morgan fingerprint density at radius 1 is 1.00 bits per heavy atom. The number of hydrogen-bond acceptors (Lipinski definition) is 0. The largest absolute Gasteiger partial charge is 0.0772 e. The summed E-state index contributed by atoms with van der Waals surface area (Å²) in [6.45, 7) is 11.6. The Morgan fingerprint density at radius 3 is 2.25 bits per heavy atom. The Morgan fingerprint density at radius 2 is 1.69 bits per heavy atom. The molecule has 92 valence electrons. The van der Waals surface area contributed by atoms with E-state index in [9.17, 15) is 0 Å². The predicted molar refractivity (Wildman–Crippen MR) is 71.3 cm³/mol. The molecule has 0 aromatic carbocycles. The Labute approximate surface area is 102 Å². The first-order valence-corrected chi connectivity index (χ1v) is 7.13. The van der Waals surface area contributed by atoms with Crippen LogP contribution in [0.15, 0.2) is 11.1 Å². The third-order valence-electron chi connectivity index (χ3n) is 4.72. The van der Waals surface area contributed by atoms with Crippen LogP contribution >= 0.6 is 0 Å². The van der Waals surface area contributed by atoms with Crippen LogP contribution in [0.1, 0.15) is 60.3 Å². The molecule has 0 heteroatoms. The van der Waals surface area contributed by atoms with E-state index in [0.29, 0.717) is 0 Å². The molecule has 0 bridgehead atoms. The zero-order valence-corrected chi connectivity index (χ0v) is 11.7. The summed E-state index contributed by atoms with van der Waals surface area (Å²) in [4.78, 5) is 0. The summed E-state index contributed by atoms with van der Waals surface area (Å²) >= 11 is 0. The third-order valence-corrected chi connectivity index (χ3v) is 4.72. The first-order valence-electron chi connectivity index (χ1n) is 7.13. The van der Waals surface area contributed by atoms with E-state index in [-0.39, 0.29) is 0 Å². The van der Waals surface area contributed by atoms with E-state index in [1.807, 2.05) is 0 Å². The van der Waals surface area contributed by atoms with Crippen LogP contribution in [0.3, 0.4) is 0 Å². The van der Waals surface area contributed by atoms with Gasteiger partial charge in [0.25, 0.3) is 0 Å². The fourth-order valence-corrected chi connectivity index (χ4v) is 3.29. The Hall–Kier alpha value is -0.260. The van der Waals surface area contributed by atoms with Crippen molar-refractivity contribution < 1.29 is 0 Å². The molecule has 0 amide bonds. The van der Waals surface area contributed by atoms with Gasteiger partial charge in [0.05, 0.1) is 0 Å². The van der Waals surface area contributed by atoms with Gasteiger partial charge in [0, 0.05) is 0 Å². The highest BCUT2D eigenvalue weighted by Gasteiger charge is 2.45. The van der Waals surface area contributed by atoms with Crippen LogP contribution in [-0.2, 0) is 0 Å². The lowest BCUT2D eigenvalue weighted by Gasteiger charge is -2.04. The Bertz CT molecular complexity index is 280. The van der Waals surface area contributed by atoms with Gasteiger partial charge >= 0.3 is 0 Å². The minimum Gasteiger partial charge on any atom is -0.0772 e. The van der Waals surface area contributed by atoms with E-state index >= 15 is 0 Å². The fraction of sp³-hybridized carbons (Fsp3) is 0.875. The van der Waals surface area contributed by atoms with Crippen LogP contribution in [-0.4, -0.2) is 0 Å². The lowest BCUT2D eigenvalue weighted by molar-refractivity contribution is 0.487. The molecule has 2 fully saturated rings. The van der Waals surface area contributed by atoms with Gasteiger partial charge in [0.2, 0.25) is 0 Å². The standard InChI is InChI=1S/C16H28/c1-10(2)6-13-7-14(13)8-15-9-16(15)12(5)11(3)4/h10,13-16H,6-9H2,1-5H3. The monoisotopic (exact) mass is 220 g/mol. The highest BCUT2D eigenvalue weighted by Crippen LogP contribution is 2.55. The molecule has 2 aliphatic carbocycles. The van der Waals surface area contributed by atoms with E-state index in [1.165, 1.54) is 25.7 Å². The molecule has 2 aliphatic rings. The molecule has 0 radical (unpaired) electrons. The minimum atomic E-state index is 0.907. The zero-order valence-electron chi connectivity index (χ0n) is 11.7. The molecule has 2 saturated carbocycles. The fourth-order valence-electron chi connectivity index (χ4n) is 3.29. The smallest absolute Gasteiger partial charge is 0.0172 e. The molecule has 0 heterocycles. The van der Waals surface area contributed by atoms with Crippen molar-refractivity contribution in [3.05, 3.63) is 11.1 Å². The van der Waals surface area contributed by atoms with E-state index in [2.05, 4.69) is 34.6 Å². The lowest BCUT2D eigenvalue weighted by atomic mass is 10.0. The molecular weight excluding hydrogens is 192 g/mol. The highest BCUT2D eigenvalue weighted by atomic mass is 14.5. The minimum absolute atomic E-state index is 0.907. The summed E-state index contributed by atoms with van der Waals surface area (Å²) < 4.78 is 0. The summed E-state index contributed by atoms with van der Waals surface area (Å²) in [6.07, 6.45) is 6.04. The molecular formula is C16H28. The highest BCUT2D eigenvalue weighted by molar-refractivity contribution is 5.18. The van der Waals surface area contributed by atoms with Crippen LogP contribution < -0.4 is 0 Å². The maximum atomic E-state index is 2.36. The first-order chi connectivity index (χ1) is 7.49.